The van der Waals surface area contributed by atoms with Crippen LogP contribution in [0.5, 0.6) is 11.5 Å². The van der Waals surface area contributed by atoms with E-state index in [1.807, 2.05) is 60.8 Å². The Morgan fingerprint density at radius 1 is 1.00 bits per heavy atom. The highest BCUT2D eigenvalue weighted by Crippen LogP contribution is 2.23. The second-order valence-electron chi connectivity index (χ2n) is 4.33. The topological polar surface area (TPSA) is 49.9 Å². The zero-order valence-corrected chi connectivity index (χ0v) is 10.9. The molecular formula is C16H15N3O. The maximum absolute atomic E-state index is 5.79. The number of benzene rings is 2. The maximum Gasteiger partial charge on any atom is 0.129 e. The molecule has 0 fully saturated rings. The molecule has 20 heavy (non-hydrogen) atoms. The van der Waals surface area contributed by atoms with Crippen LogP contribution in [0.1, 0.15) is 5.82 Å². The highest BCUT2D eigenvalue weighted by molar-refractivity contribution is 5.49. The molecule has 100 valence electrons. The third kappa shape index (κ3) is 3.17. The first-order valence-corrected chi connectivity index (χ1v) is 6.45. The van der Waals surface area contributed by atoms with Crippen molar-refractivity contribution in [3.63, 3.8) is 0 Å². The summed E-state index contributed by atoms with van der Waals surface area (Å²) in [4.78, 5) is 7.23. The van der Waals surface area contributed by atoms with Gasteiger partial charge < -0.3 is 15.0 Å². The Balaban J connectivity index is 1.66. The lowest BCUT2D eigenvalue weighted by Crippen LogP contribution is -2.01. The van der Waals surface area contributed by atoms with Gasteiger partial charge in [0.25, 0.3) is 0 Å². The number of para-hydroxylation sites is 1. The van der Waals surface area contributed by atoms with Crippen molar-refractivity contribution in [2.24, 2.45) is 0 Å². The first-order chi connectivity index (χ1) is 9.90. The lowest BCUT2D eigenvalue weighted by atomic mass is 10.3. The summed E-state index contributed by atoms with van der Waals surface area (Å²) in [6.07, 6.45) is 3.55. The van der Waals surface area contributed by atoms with Crippen LogP contribution in [0.25, 0.3) is 0 Å². The monoisotopic (exact) mass is 265 g/mol. The van der Waals surface area contributed by atoms with Crippen LogP contribution in [-0.2, 0) is 6.54 Å². The Morgan fingerprint density at radius 2 is 1.85 bits per heavy atom. The number of anilines is 1. The number of aromatic nitrogens is 2. The minimum Gasteiger partial charge on any atom is -0.457 e. The van der Waals surface area contributed by atoms with Gasteiger partial charge in [-0.2, -0.15) is 0 Å². The van der Waals surface area contributed by atoms with E-state index in [2.05, 4.69) is 15.3 Å². The molecular weight excluding hydrogens is 250 g/mol. The lowest BCUT2D eigenvalue weighted by molar-refractivity contribution is 0.483. The molecule has 0 bridgehead atoms. The summed E-state index contributed by atoms with van der Waals surface area (Å²) < 4.78 is 5.79. The Bertz CT molecular complexity index is 651. The molecule has 0 aliphatic rings. The molecule has 4 heteroatoms. The van der Waals surface area contributed by atoms with Gasteiger partial charge in [0, 0.05) is 24.1 Å². The number of hydrogen-bond donors (Lipinski definition) is 2. The predicted octanol–water partition coefficient (Wildman–Crippen LogP) is 3.81. The molecule has 1 heterocycles. The molecule has 3 rings (SSSR count). The Morgan fingerprint density at radius 3 is 2.65 bits per heavy atom. The van der Waals surface area contributed by atoms with Crippen molar-refractivity contribution in [3.8, 4) is 11.5 Å². The third-order valence-corrected chi connectivity index (χ3v) is 2.83. The summed E-state index contributed by atoms with van der Waals surface area (Å²) in [6.45, 7) is 0.655. The molecule has 0 amide bonds. The average molecular weight is 265 g/mol. The van der Waals surface area contributed by atoms with Crippen LogP contribution in [0.3, 0.4) is 0 Å². The summed E-state index contributed by atoms with van der Waals surface area (Å²) in [6, 6.07) is 17.6. The molecule has 4 nitrogen and oxygen atoms in total. The van der Waals surface area contributed by atoms with Crippen LogP contribution in [0.2, 0.25) is 0 Å². The van der Waals surface area contributed by atoms with Gasteiger partial charge in [0.1, 0.15) is 17.3 Å². The highest BCUT2D eigenvalue weighted by atomic mass is 16.5. The van der Waals surface area contributed by atoms with Gasteiger partial charge in [0.05, 0.1) is 6.54 Å². The lowest BCUT2D eigenvalue weighted by Gasteiger charge is -2.08. The average Bonchev–Trinajstić information content (AvgIpc) is 3.00. The Labute approximate surface area is 117 Å². The van der Waals surface area contributed by atoms with Gasteiger partial charge in [-0.05, 0) is 24.3 Å². The van der Waals surface area contributed by atoms with Gasteiger partial charge in [-0.25, -0.2) is 4.98 Å². The van der Waals surface area contributed by atoms with Crippen LogP contribution in [0, 0.1) is 0 Å². The summed E-state index contributed by atoms with van der Waals surface area (Å²) >= 11 is 0. The van der Waals surface area contributed by atoms with Gasteiger partial charge in [-0.3, -0.25) is 0 Å². The van der Waals surface area contributed by atoms with Crippen molar-refractivity contribution in [3.05, 3.63) is 72.8 Å². The molecule has 0 saturated heterocycles. The smallest absolute Gasteiger partial charge is 0.129 e. The number of ether oxygens (including phenoxy) is 1. The van der Waals surface area contributed by atoms with E-state index in [9.17, 15) is 0 Å². The molecule has 0 atom stereocenters. The van der Waals surface area contributed by atoms with Crippen LogP contribution in [0.15, 0.2) is 67.0 Å². The van der Waals surface area contributed by atoms with E-state index < -0.39 is 0 Å². The molecule has 1 aromatic heterocycles. The van der Waals surface area contributed by atoms with Crippen molar-refractivity contribution in [1.29, 1.82) is 0 Å². The number of H-pyrrole nitrogens is 1. The van der Waals surface area contributed by atoms with Crippen LogP contribution >= 0.6 is 0 Å². The van der Waals surface area contributed by atoms with Gasteiger partial charge in [-0.1, -0.05) is 24.3 Å². The van der Waals surface area contributed by atoms with Crippen LogP contribution in [0.4, 0.5) is 5.69 Å². The molecule has 0 aliphatic heterocycles. The Hall–Kier alpha value is -2.75. The first kappa shape index (κ1) is 12.3. The Kier molecular flexibility index (Phi) is 3.64. The van der Waals surface area contributed by atoms with E-state index in [-0.39, 0.29) is 0 Å². The van der Waals surface area contributed by atoms with Crippen molar-refractivity contribution in [2.75, 3.05) is 5.32 Å². The molecule has 0 radical (unpaired) electrons. The fourth-order valence-corrected chi connectivity index (χ4v) is 1.87. The number of imidazole rings is 1. The second kappa shape index (κ2) is 5.93. The van der Waals surface area contributed by atoms with E-state index in [0.717, 1.165) is 23.0 Å². The fourth-order valence-electron chi connectivity index (χ4n) is 1.87. The SMILES string of the molecule is c1ccc(Oc2cccc(NCc3ncc[nH]3)c2)cc1. The number of nitrogens with zero attached hydrogens (tertiary/aromatic N) is 1. The molecule has 2 N–H and O–H groups in total. The van der Waals surface area contributed by atoms with Crippen LogP contribution in [-0.4, -0.2) is 9.97 Å². The standard InChI is InChI=1S/C16H15N3O/c1-2-6-14(7-3-1)20-15-8-4-5-13(11-15)19-12-16-17-9-10-18-16/h1-11,19H,12H2,(H,17,18). The van der Waals surface area contributed by atoms with E-state index in [1.165, 1.54) is 0 Å². The highest BCUT2D eigenvalue weighted by Gasteiger charge is 1.99. The van der Waals surface area contributed by atoms with Crippen molar-refractivity contribution >= 4 is 5.69 Å². The van der Waals surface area contributed by atoms with Crippen LogP contribution < -0.4 is 10.1 Å². The van der Waals surface area contributed by atoms with Crippen molar-refractivity contribution in [2.45, 2.75) is 6.54 Å². The fraction of sp³-hybridized carbons (Fsp3) is 0.0625. The predicted molar refractivity (Wildman–Crippen MR) is 78.9 cm³/mol. The van der Waals surface area contributed by atoms with Gasteiger partial charge >= 0.3 is 0 Å². The summed E-state index contributed by atoms with van der Waals surface area (Å²) in [5, 5.41) is 3.30. The number of rotatable bonds is 5. The summed E-state index contributed by atoms with van der Waals surface area (Å²) in [7, 11) is 0. The third-order valence-electron chi connectivity index (χ3n) is 2.83. The largest absolute Gasteiger partial charge is 0.457 e. The molecule has 0 aliphatic carbocycles. The summed E-state index contributed by atoms with van der Waals surface area (Å²) in [5.41, 5.74) is 0.995. The zero-order valence-electron chi connectivity index (χ0n) is 10.9. The van der Waals surface area contributed by atoms with E-state index >= 15 is 0 Å². The normalized spacial score (nSPS) is 10.2. The van der Waals surface area contributed by atoms with Gasteiger partial charge in [0.2, 0.25) is 0 Å². The quantitative estimate of drug-likeness (QED) is 0.737. The first-order valence-electron chi connectivity index (χ1n) is 6.45. The van der Waals surface area contributed by atoms with Crippen molar-refractivity contribution < 1.29 is 4.74 Å². The molecule has 0 unspecified atom stereocenters. The van der Waals surface area contributed by atoms with Gasteiger partial charge in [-0.15, -0.1) is 0 Å². The molecule has 0 spiro atoms. The number of nitrogens with one attached hydrogen (secondary N) is 2. The number of aromatic amines is 1. The minimum atomic E-state index is 0.655. The van der Waals surface area contributed by atoms with E-state index in [0.29, 0.717) is 6.54 Å². The van der Waals surface area contributed by atoms with E-state index in [1.54, 1.807) is 6.20 Å². The second-order valence-corrected chi connectivity index (χ2v) is 4.33. The van der Waals surface area contributed by atoms with E-state index in [4.69, 9.17) is 4.74 Å². The maximum atomic E-state index is 5.79. The molecule has 0 saturated carbocycles. The minimum absolute atomic E-state index is 0.655. The van der Waals surface area contributed by atoms with Gasteiger partial charge in [0.15, 0.2) is 0 Å². The summed E-state index contributed by atoms with van der Waals surface area (Å²) in [5.74, 6) is 2.54. The molecule has 3 aromatic rings. The molecule has 2 aromatic carbocycles. The van der Waals surface area contributed by atoms with Crippen molar-refractivity contribution in [1.82, 2.24) is 9.97 Å². The number of hydrogen-bond acceptors (Lipinski definition) is 3. The zero-order chi connectivity index (χ0) is 13.6.